The molecule has 8 heteroatoms. The molecule has 140 valence electrons. The third-order valence-corrected chi connectivity index (χ3v) is 5.26. The summed E-state index contributed by atoms with van der Waals surface area (Å²) in [6.45, 7) is 5.09. The summed E-state index contributed by atoms with van der Waals surface area (Å²) < 4.78 is 6.41. The van der Waals surface area contributed by atoms with E-state index in [0.717, 1.165) is 21.3 Å². The number of nitrogens with zero attached hydrogens (tertiary/aromatic N) is 1. The normalized spacial score (nSPS) is 10.7. The van der Waals surface area contributed by atoms with Gasteiger partial charge in [0.15, 0.2) is 11.7 Å². The van der Waals surface area contributed by atoms with Crippen LogP contribution < -0.4 is 15.4 Å². The lowest BCUT2D eigenvalue weighted by molar-refractivity contribution is -0.118. The van der Waals surface area contributed by atoms with Crippen molar-refractivity contribution < 1.29 is 14.3 Å². The molecule has 0 aliphatic carbocycles. The highest BCUT2D eigenvalue weighted by Gasteiger charge is 2.10. The first-order valence-electron chi connectivity index (χ1n) is 8.19. The van der Waals surface area contributed by atoms with E-state index in [2.05, 4.69) is 15.6 Å². The SMILES string of the molecule is CC(=O)Nc1ccc2nc(NC(=O)COc3cc(C)c(Cl)c(C)c3)sc2c1. The van der Waals surface area contributed by atoms with Gasteiger partial charge in [-0.2, -0.15) is 0 Å². The third kappa shape index (κ3) is 4.75. The van der Waals surface area contributed by atoms with Crippen molar-refractivity contribution in [2.75, 3.05) is 17.2 Å². The van der Waals surface area contributed by atoms with Crippen molar-refractivity contribution in [3.63, 3.8) is 0 Å². The standard InChI is InChI=1S/C19H18ClN3O3S/c1-10-6-14(7-11(2)18(10)20)26-9-17(25)23-19-22-15-5-4-13(21-12(3)24)8-16(15)27-19/h4-8H,9H2,1-3H3,(H,21,24)(H,22,23,25). The number of nitrogens with one attached hydrogen (secondary N) is 2. The van der Waals surface area contributed by atoms with Crippen LogP contribution in [0.2, 0.25) is 5.02 Å². The molecular weight excluding hydrogens is 386 g/mol. The number of hydrogen-bond donors (Lipinski definition) is 2. The first-order valence-corrected chi connectivity index (χ1v) is 9.39. The number of ether oxygens (including phenoxy) is 1. The molecule has 2 aromatic carbocycles. The predicted molar refractivity (Wildman–Crippen MR) is 109 cm³/mol. The van der Waals surface area contributed by atoms with Crippen molar-refractivity contribution in [3.8, 4) is 5.75 Å². The van der Waals surface area contributed by atoms with Gasteiger partial charge in [-0.15, -0.1) is 0 Å². The molecule has 6 nitrogen and oxygen atoms in total. The smallest absolute Gasteiger partial charge is 0.264 e. The zero-order valence-electron chi connectivity index (χ0n) is 15.1. The Morgan fingerprint density at radius 2 is 1.85 bits per heavy atom. The number of rotatable bonds is 5. The topological polar surface area (TPSA) is 80.3 Å². The van der Waals surface area contributed by atoms with E-state index in [1.54, 1.807) is 24.3 Å². The Bertz CT molecular complexity index is 1010. The minimum atomic E-state index is -0.304. The third-order valence-electron chi connectivity index (χ3n) is 3.74. The Labute approximate surface area is 165 Å². The number of hydrogen-bond acceptors (Lipinski definition) is 5. The number of halogens is 1. The first kappa shape index (κ1) is 19.1. The lowest BCUT2D eigenvalue weighted by Gasteiger charge is -2.09. The van der Waals surface area contributed by atoms with Crippen molar-refractivity contribution in [2.24, 2.45) is 0 Å². The summed E-state index contributed by atoms with van der Waals surface area (Å²) in [5, 5.41) is 6.62. The second-order valence-corrected chi connectivity index (χ2v) is 7.50. The molecule has 0 saturated carbocycles. The van der Waals surface area contributed by atoms with Crippen LogP contribution in [0.1, 0.15) is 18.1 Å². The van der Waals surface area contributed by atoms with Gasteiger partial charge in [-0.3, -0.25) is 14.9 Å². The van der Waals surface area contributed by atoms with E-state index in [-0.39, 0.29) is 18.4 Å². The average Bonchev–Trinajstić information content (AvgIpc) is 2.98. The zero-order valence-corrected chi connectivity index (χ0v) is 16.6. The van der Waals surface area contributed by atoms with E-state index in [0.29, 0.717) is 21.6 Å². The summed E-state index contributed by atoms with van der Waals surface area (Å²) in [7, 11) is 0. The molecule has 1 heterocycles. The fraction of sp³-hybridized carbons (Fsp3) is 0.211. The van der Waals surface area contributed by atoms with Crippen LogP contribution in [-0.4, -0.2) is 23.4 Å². The molecule has 1 aromatic heterocycles. The van der Waals surface area contributed by atoms with Crippen molar-refractivity contribution in [1.82, 2.24) is 4.98 Å². The van der Waals surface area contributed by atoms with E-state index >= 15 is 0 Å². The van der Waals surface area contributed by atoms with E-state index in [9.17, 15) is 9.59 Å². The van der Waals surface area contributed by atoms with Crippen LogP contribution in [0.25, 0.3) is 10.2 Å². The maximum atomic E-state index is 12.2. The molecule has 3 aromatic rings. The molecule has 2 amide bonds. The van der Waals surface area contributed by atoms with Gasteiger partial charge < -0.3 is 10.1 Å². The number of fused-ring (bicyclic) bond motifs is 1. The predicted octanol–water partition coefficient (Wildman–Crippen LogP) is 4.54. The van der Waals surface area contributed by atoms with Gasteiger partial charge in [-0.05, 0) is 55.3 Å². The molecule has 27 heavy (non-hydrogen) atoms. The molecule has 0 radical (unpaired) electrons. The lowest BCUT2D eigenvalue weighted by atomic mass is 10.1. The Kier molecular flexibility index (Phi) is 5.62. The molecule has 2 N–H and O–H groups in total. The van der Waals surface area contributed by atoms with E-state index in [1.165, 1.54) is 18.3 Å². The molecule has 0 aliphatic heterocycles. The number of benzene rings is 2. The highest BCUT2D eigenvalue weighted by Crippen LogP contribution is 2.29. The first-order chi connectivity index (χ1) is 12.8. The summed E-state index contributed by atoms with van der Waals surface area (Å²) >= 11 is 7.46. The second-order valence-electron chi connectivity index (χ2n) is 6.09. The monoisotopic (exact) mass is 403 g/mol. The molecule has 0 bridgehead atoms. The number of carbonyl (C=O) groups is 2. The number of carbonyl (C=O) groups excluding carboxylic acids is 2. The van der Waals surface area contributed by atoms with Crippen molar-refractivity contribution in [1.29, 1.82) is 0 Å². The Hall–Kier alpha value is -2.64. The maximum Gasteiger partial charge on any atom is 0.264 e. The summed E-state index contributed by atoms with van der Waals surface area (Å²) in [5.41, 5.74) is 3.23. The van der Waals surface area contributed by atoms with Gasteiger partial charge in [0.25, 0.3) is 5.91 Å². The van der Waals surface area contributed by atoms with Gasteiger partial charge in [0.1, 0.15) is 5.75 Å². The summed E-state index contributed by atoms with van der Waals surface area (Å²) in [6, 6.07) is 8.97. The molecule has 0 atom stereocenters. The Morgan fingerprint density at radius 3 is 2.52 bits per heavy atom. The van der Waals surface area contributed by atoms with Gasteiger partial charge in [0.05, 0.1) is 10.2 Å². The van der Waals surface area contributed by atoms with Crippen LogP contribution in [0, 0.1) is 13.8 Å². The molecule has 0 saturated heterocycles. The van der Waals surface area contributed by atoms with Gasteiger partial charge in [-0.1, -0.05) is 22.9 Å². The lowest BCUT2D eigenvalue weighted by Crippen LogP contribution is -2.20. The van der Waals surface area contributed by atoms with Crippen LogP contribution in [0.4, 0.5) is 10.8 Å². The van der Waals surface area contributed by atoms with Crippen LogP contribution >= 0.6 is 22.9 Å². The zero-order chi connectivity index (χ0) is 19.6. The van der Waals surface area contributed by atoms with Crippen LogP contribution in [0.5, 0.6) is 5.75 Å². The molecule has 0 unspecified atom stereocenters. The number of anilines is 2. The molecule has 0 spiro atoms. The summed E-state index contributed by atoms with van der Waals surface area (Å²) in [6.07, 6.45) is 0. The summed E-state index contributed by atoms with van der Waals surface area (Å²) in [5.74, 6) is 0.146. The highest BCUT2D eigenvalue weighted by atomic mass is 35.5. The number of thiazole rings is 1. The minimum absolute atomic E-state index is 0.131. The summed E-state index contributed by atoms with van der Waals surface area (Å²) in [4.78, 5) is 27.7. The highest BCUT2D eigenvalue weighted by molar-refractivity contribution is 7.22. The largest absolute Gasteiger partial charge is 0.484 e. The van der Waals surface area contributed by atoms with Crippen molar-refractivity contribution in [2.45, 2.75) is 20.8 Å². The van der Waals surface area contributed by atoms with E-state index in [1.807, 2.05) is 19.9 Å². The Balaban J connectivity index is 1.64. The van der Waals surface area contributed by atoms with Crippen LogP contribution in [0.3, 0.4) is 0 Å². The number of aryl methyl sites for hydroxylation is 2. The fourth-order valence-corrected chi connectivity index (χ4v) is 3.58. The number of amides is 2. The van der Waals surface area contributed by atoms with Crippen molar-refractivity contribution in [3.05, 3.63) is 46.5 Å². The van der Waals surface area contributed by atoms with Crippen LogP contribution in [0.15, 0.2) is 30.3 Å². The average molecular weight is 404 g/mol. The molecule has 0 aliphatic rings. The quantitative estimate of drug-likeness (QED) is 0.655. The van der Waals surface area contributed by atoms with E-state index < -0.39 is 0 Å². The molecular formula is C19H18ClN3O3S. The van der Waals surface area contributed by atoms with Gasteiger partial charge >= 0.3 is 0 Å². The van der Waals surface area contributed by atoms with Gasteiger partial charge in [0.2, 0.25) is 5.91 Å². The molecule has 3 rings (SSSR count). The van der Waals surface area contributed by atoms with Crippen LogP contribution in [-0.2, 0) is 9.59 Å². The fourth-order valence-electron chi connectivity index (χ4n) is 2.55. The van der Waals surface area contributed by atoms with E-state index in [4.69, 9.17) is 16.3 Å². The van der Waals surface area contributed by atoms with Crippen molar-refractivity contribution >= 4 is 55.8 Å². The Morgan fingerprint density at radius 1 is 1.15 bits per heavy atom. The van der Waals surface area contributed by atoms with Gasteiger partial charge in [0, 0.05) is 17.6 Å². The van der Waals surface area contributed by atoms with Gasteiger partial charge in [-0.25, -0.2) is 4.98 Å². The minimum Gasteiger partial charge on any atom is -0.484 e. The molecule has 0 fully saturated rings. The maximum absolute atomic E-state index is 12.2. The second kappa shape index (κ2) is 7.94. The number of aromatic nitrogens is 1.